The van der Waals surface area contributed by atoms with Gasteiger partial charge in [-0.2, -0.15) is 4.31 Å². The Morgan fingerprint density at radius 1 is 0.917 bits per heavy atom. The molecule has 2 amide bonds. The number of carbonyl (C=O) groups is 2. The SMILES string of the molecule is C[C@@H]1C[C@H](C)CN(S(=O)(=O)c2ccc(N3C(=O)CCC3=O)cc2)C1. The van der Waals surface area contributed by atoms with Gasteiger partial charge in [0.2, 0.25) is 21.8 Å². The average molecular weight is 350 g/mol. The molecule has 3 rings (SSSR count). The zero-order valence-electron chi connectivity index (χ0n) is 13.9. The lowest BCUT2D eigenvalue weighted by molar-refractivity contribution is -0.121. The molecule has 24 heavy (non-hydrogen) atoms. The van der Waals surface area contributed by atoms with Crippen LogP contribution in [0.4, 0.5) is 5.69 Å². The summed E-state index contributed by atoms with van der Waals surface area (Å²) in [6.45, 7) is 5.17. The highest BCUT2D eigenvalue weighted by Crippen LogP contribution is 2.28. The van der Waals surface area contributed by atoms with Crippen molar-refractivity contribution >= 4 is 27.5 Å². The van der Waals surface area contributed by atoms with Crippen LogP contribution < -0.4 is 4.90 Å². The maximum absolute atomic E-state index is 12.8. The predicted octanol–water partition coefficient (Wildman–Crippen LogP) is 2.01. The van der Waals surface area contributed by atoms with Crippen molar-refractivity contribution in [3.05, 3.63) is 24.3 Å². The quantitative estimate of drug-likeness (QED) is 0.782. The second-order valence-electron chi connectivity index (χ2n) is 6.88. The van der Waals surface area contributed by atoms with Gasteiger partial charge in [-0.25, -0.2) is 8.42 Å². The third-order valence-electron chi connectivity index (χ3n) is 4.62. The number of benzene rings is 1. The molecule has 0 aliphatic carbocycles. The van der Waals surface area contributed by atoms with Crippen molar-refractivity contribution < 1.29 is 18.0 Å². The maximum atomic E-state index is 12.8. The fraction of sp³-hybridized carbons (Fsp3) is 0.529. The van der Waals surface area contributed by atoms with Crippen LogP contribution in [-0.4, -0.2) is 37.6 Å². The van der Waals surface area contributed by atoms with Gasteiger partial charge in [-0.3, -0.25) is 14.5 Å². The van der Waals surface area contributed by atoms with Crippen LogP contribution in [-0.2, 0) is 19.6 Å². The van der Waals surface area contributed by atoms with E-state index in [1.54, 1.807) is 0 Å². The number of carbonyl (C=O) groups excluding carboxylic acids is 2. The summed E-state index contributed by atoms with van der Waals surface area (Å²) in [5, 5.41) is 0. The summed E-state index contributed by atoms with van der Waals surface area (Å²) in [5.41, 5.74) is 0.432. The lowest BCUT2D eigenvalue weighted by Crippen LogP contribution is -2.42. The van der Waals surface area contributed by atoms with E-state index in [0.717, 1.165) is 11.3 Å². The summed E-state index contributed by atoms with van der Waals surface area (Å²) in [6.07, 6.45) is 1.45. The molecule has 2 fully saturated rings. The first-order valence-electron chi connectivity index (χ1n) is 8.25. The van der Waals surface area contributed by atoms with Crippen molar-refractivity contribution in [3.8, 4) is 0 Å². The zero-order chi connectivity index (χ0) is 17.5. The van der Waals surface area contributed by atoms with E-state index in [1.807, 2.05) is 0 Å². The molecular weight excluding hydrogens is 328 g/mol. The minimum absolute atomic E-state index is 0.201. The lowest BCUT2D eigenvalue weighted by Gasteiger charge is -2.34. The van der Waals surface area contributed by atoms with Crippen molar-refractivity contribution in [2.45, 2.75) is 38.0 Å². The molecule has 2 atom stereocenters. The first-order valence-corrected chi connectivity index (χ1v) is 9.69. The number of nitrogens with zero attached hydrogens (tertiary/aromatic N) is 2. The van der Waals surface area contributed by atoms with Gasteiger partial charge in [0.1, 0.15) is 0 Å². The van der Waals surface area contributed by atoms with Gasteiger partial charge in [0.05, 0.1) is 10.6 Å². The number of piperidine rings is 1. The minimum atomic E-state index is -3.55. The molecule has 2 heterocycles. The standard InChI is InChI=1S/C17H22N2O4S/c1-12-9-13(2)11-18(10-12)24(22,23)15-5-3-14(4-6-15)19-16(20)7-8-17(19)21/h3-6,12-13H,7-11H2,1-2H3/t12-,13+. The normalized spacial score (nSPS) is 26.2. The fourth-order valence-electron chi connectivity index (χ4n) is 3.58. The summed E-state index contributed by atoms with van der Waals surface area (Å²) < 4.78 is 27.2. The van der Waals surface area contributed by atoms with Gasteiger partial charge in [0, 0.05) is 25.9 Å². The molecule has 7 heteroatoms. The molecule has 1 aromatic rings. The third-order valence-corrected chi connectivity index (χ3v) is 6.47. The van der Waals surface area contributed by atoms with Crippen LogP contribution in [0.1, 0.15) is 33.1 Å². The van der Waals surface area contributed by atoms with Crippen LogP contribution in [0.15, 0.2) is 29.2 Å². The van der Waals surface area contributed by atoms with Gasteiger partial charge in [-0.05, 0) is 42.5 Å². The highest BCUT2D eigenvalue weighted by molar-refractivity contribution is 7.89. The molecule has 6 nitrogen and oxygen atoms in total. The van der Waals surface area contributed by atoms with Gasteiger partial charge in [-0.15, -0.1) is 0 Å². The molecule has 0 bridgehead atoms. The Hall–Kier alpha value is -1.73. The van der Waals surface area contributed by atoms with E-state index in [-0.39, 0.29) is 29.6 Å². The number of anilines is 1. The number of hydrogen-bond donors (Lipinski definition) is 0. The third kappa shape index (κ3) is 3.10. The first-order chi connectivity index (χ1) is 11.3. The number of amides is 2. The van der Waals surface area contributed by atoms with Crippen LogP contribution in [0.5, 0.6) is 0 Å². The van der Waals surface area contributed by atoms with E-state index in [9.17, 15) is 18.0 Å². The summed E-state index contributed by atoms with van der Waals surface area (Å²) in [6, 6.07) is 6.02. The minimum Gasteiger partial charge on any atom is -0.274 e. The van der Waals surface area contributed by atoms with Gasteiger partial charge in [-0.1, -0.05) is 13.8 Å². The number of sulfonamides is 1. The topological polar surface area (TPSA) is 74.8 Å². The Bertz CT molecular complexity index is 731. The van der Waals surface area contributed by atoms with E-state index < -0.39 is 10.0 Å². The summed E-state index contributed by atoms with van der Waals surface area (Å²) in [4.78, 5) is 24.9. The van der Waals surface area contributed by atoms with Crippen molar-refractivity contribution in [1.29, 1.82) is 0 Å². The Kier molecular flexibility index (Phi) is 4.48. The van der Waals surface area contributed by atoms with Crippen LogP contribution in [0.2, 0.25) is 0 Å². The van der Waals surface area contributed by atoms with E-state index in [4.69, 9.17) is 0 Å². The zero-order valence-corrected chi connectivity index (χ0v) is 14.8. The van der Waals surface area contributed by atoms with Gasteiger partial charge < -0.3 is 0 Å². The molecule has 0 N–H and O–H groups in total. The molecule has 2 aliphatic heterocycles. The van der Waals surface area contributed by atoms with E-state index in [0.29, 0.717) is 30.6 Å². The van der Waals surface area contributed by atoms with Crippen molar-refractivity contribution in [1.82, 2.24) is 4.31 Å². The average Bonchev–Trinajstić information content (AvgIpc) is 2.85. The molecule has 2 aliphatic rings. The smallest absolute Gasteiger partial charge is 0.243 e. The van der Waals surface area contributed by atoms with Crippen LogP contribution in [0.25, 0.3) is 0 Å². The van der Waals surface area contributed by atoms with E-state index in [1.165, 1.54) is 28.6 Å². The summed E-state index contributed by atoms with van der Waals surface area (Å²) in [5.74, 6) is 0.189. The Morgan fingerprint density at radius 2 is 1.42 bits per heavy atom. The summed E-state index contributed by atoms with van der Waals surface area (Å²) in [7, 11) is -3.55. The molecule has 1 aromatic carbocycles. The van der Waals surface area contributed by atoms with Gasteiger partial charge >= 0.3 is 0 Å². The Balaban J connectivity index is 1.84. The van der Waals surface area contributed by atoms with Crippen molar-refractivity contribution in [3.63, 3.8) is 0 Å². The maximum Gasteiger partial charge on any atom is 0.243 e. The Morgan fingerprint density at radius 3 is 1.92 bits per heavy atom. The summed E-state index contributed by atoms with van der Waals surface area (Å²) >= 11 is 0. The molecule has 0 radical (unpaired) electrons. The highest BCUT2D eigenvalue weighted by atomic mass is 32.2. The Labute approximate surface area is 142 Å². The number of rotatable bonds is 3. The predicted molar refractivity (Wildman–Crippen MR) is 89.9 cm³/mol. The number of imide groups is 1. The second-order valence-corrected chi connectivity index (χ2v) is 8.82. The van der Waals surface area contributed by atoms with Crippen molar-refractivity contribution in [2.24, 2.45) is 11.8 Å². The van der Waals surface area contributed by atoms with Gasteiger partial charge in [0.15, 0.2) is 0 Å². The lowest BCUT2D eigenvalue weighted by atomic mass is 9.94. The van der Waals surface area contributed by atoms with Gasteiger partial charge in [0.25, 0.3) is 0 Å². The molecular formula is C17H22N2O4S. The molecule has 0 spiro atoms. The van der Waals surface area contributed by atoms with Crippen molar-refractivity contribution in [2.75, 3.05) is 18.0 Å². The highest BCUT2D eigenvalue weighted by Gasteiger charge is 2.33. The van der Waals surface area contributed by atoms with E-state index in [2.05, 4.69) is 13.8 Å². The molecule has 130 valence electrons. The fourth-order valence-corrected chi connectivity index (χ4v) is 5.26. The molecule has 0 aromatic heterocycles. The second kappa shape index (κ2) is 6.29. The van der Waals surface area contributed by atoms with Crippen LogP contribution >= 0.6 is 0 Å². The number of hydrogen-bond acceptors (Lipinski definition) is 4. The monoisotopic (exact) mass is 350 g/mol. The molecule has 0 unspecified atom stereocenters. The van der Waals surface area contributed by atoms with E-state index >= 15 is 0 Å². The molecule has 0 saturated carbocycles. The molecule has 2 saturated heterocycles. The van der Waals surface area contributed by atoms with Crippen LogP contribution in [0, 0.1) is 11.8 Å². The van der Waals surface area contributed by atoms with Crippen LogP contribution in [0.3, 0.4) is 0 Å². The largest absolute Gasteiger partial charge is 0.274 e. The first kappa shape index (κ1) is 17.1.